The highest BCUT2D eigenvalue weighted by atomic mass is 16.9. The van der Waals surface area contributed by atoms with Crippen LogP contribution in [-0.4, -0.2) is 44.9 Å². The molecule has 0 spiro atoms. The van der Waals surface area contributed by atoms with Crippen LogP contribution < -0.4 is 5.73 Å². The topological polar surface area (TPSA) is 72.2 Å². The predicted molar refractivity (Wildman–Crippen MR) is 142 cm³/mol. The Morgan fingerprint density at radius 3 is 0.941 bits per heavy atom. The molecule has 0 aromatic rings. The Labute approximate surface area is 212 Å². The fourth-order valence-corrected chi connectivity index (χ4v) is 4.51. The SMILES string of the molecule is CCOC(N)(CCCCCCCCCCCCCCCCC(OCC)(OCC)OCC)OCC. The molecular weight excluding hydrogens is 430 g/mol. The zero-order valence-corrected chi connectivity index (χ0v) is 23.5. The van der Waals surface area contributed by atoms with Crippen molar-refractivity contribution in [3.8, 4) is 0 Å². The summed E-state index contributed by atoms with van der Waals surface area (Å²) in [6.45, 7) is 12.9. The fourth-order valence-electron chi connectivity index (χ4n) is 4.51. The van der Waals surface area contributed by atoms with Gasteiger partial charge >= 0.3 is 0 Å². The van der Waals surface area contributed by atoms with Crippen LogP contribution in [-0.2, 0) is 23.7 Å². The van der Waals surface area contributed by atoms with Crippen LogP contribution >= 0.6 is 0 Å². The summed E-state index contributed by atoms with van der Waals surface area (Å²) in [6, 6.07) is 0. The van der Waals surface area contributed by atoms with Gasteiger partial charge < -0.3 is 23.7 Å². The fraction of sp³-hybridized carbons (Fsp3) is 1.00. The minimum Gasteiger partial charge on any atom is -0.338 e. The maximum Gasteiger partial charge on any atom is 0.282 e. The summed E-state index contributed by atoms with van der Waals surface area (Å²) in [5, 5.41) is 0. The number of hydrogen-bond donors (Lipinski definition) is 1. The maximum absolute atomic E-state index is 6.16. The molecule has 0 aliphatic heterocycles. The van der Waals surface area contributed by atoms with E-state index in [-0.39, 0.29) is 0 Å². The Morgan fingerprint density at radius 1 is 0.382 bits per heavy atom. The molecule has 0 radical (unpaired) electrons. The lowest BCUT2D eigenvalue weighted by Gasteiger charge is -2.32. The average Bonchev–Trinajstić information content (AvgIpc) is 2.79. The predicted octanol–water partition coefficient (Wildman–Crippen LogP) is 7.68. The third kappa shape index (κ3) is 18.1. The minimum absolute atomic E-state index is 0.592. The highest BCUT2D eigenvalue weighted by Gasteiger charge is 2.31. The Hall–Kier alpha value is -0.240. The van der Waals surface area contributed by atoms with E-state index in [2.05, 4.69) is 0 Å². The number of ether oxygens (including phenoxy) is 5. The molecule has 0 amide bonds. The summed E-state index contributed by atoms with van der Waals surface area (Å²) in [7, 11) is 0. The molecule has 0 saturated carbocycles. The highest BCUT2D eigenvalue weighted by Crippen LogP contribution is 2.24. The first-order valence-electron chi connectivity index (χ1n) is 14.5. The van der Waals surface area contributed by atoms with E-state index >= 15 is 0 Å². The number of hydrogen-bond acceptors (Lipinski definition) is 6. The van der Waals surface area contributed by atoms with Gasteiger partial charge in [-0.25, -0.2) is 0 Å². The van der Waals surface area contributed by atoms with Gasteiger partial charge in [0.15, 0.2) is 0 Å². The molecule has 0 fully saturated rings. The summed E-state index contributed by atoms with van der Waals surface area (Å²) < 4.78 is 28.5. The Kier molecular flexibility index (Phi) is 23.0. The molecule has 0 aliphatic rings. The summed E-state index contributed by atoms with van der Waals surface area (Å²) in [6.07, 6.45) is 19.6. The van der Waals surface area contributed by atoms with E-state index in [1.807, 2.05) is 34.6 Å². The van der Waals surface area contributed by atoms with Crippen LogP contribution in [0.5, 0.6) is 0 Å². The molecule has 6 heteroatoms. The molecule has 0 rings (SSSR count). The van der Waals surface area contributed by atoms with Crippen molar-refractivity contribution in [2.75, 3.05) is 33.0 Å². The van der Waals surface area contributed by atoms with Gasteiger partial charge in [-0.1, -0.05) is 77.0 Å². The molecule has 0 bridgehead atoms. The standard InChI is InChI=1S/C28H59NO5/c1-6-30-27(29,31-7-2)25-23-21-19-17-15-13-11-12-14-16-18-20-22-24-26-28(32-8-3,33-9-4)34-10-5/h6-26,29H2,1-5H3. The lowest BCUT2D eigenvalue weighted by atomic mass is 10.0. The molecule has 0 aromatic carbocycles. The first kappa shape index (κ1) is 33.8. The van der Waals surface area contributed by atoms with Crippen LogP contribution in [0.2, 0.25) is 0 Å². The third-order valence-electron chi connectivity index (χ3n) is 6.13. The van der Waals surface area contributed by atoms with E-state index in [0.717, 1.165) is 25.7 Å². The van der Waals surface area contributed by atoms with Crippen LogP contribution in [0.25, 0.3) is 0 Å². The van der Waals surface area contributed by atoms with Gasteiger partial charge in [-0.3, -0.25) is 5.73 Å². The van der Waals surface area contributed by atoms with Crippen LogP contribution in [0.1, 0.15) is 137 Å². The smallest absolute Gasteiger partial charge is 0.282 e. The Balaban J connectivity index is 3.56. The normalized spacial score (nSPS) is 12.5. The molecule has 0 atom stereocenters. The van der Waals surface area contributed by atoms with Gasteiger partial charge in [-0.2, -0.15) is 0 Å². The zero-order chi connectivity index (χ0) is 25.4. The molecule has 0 aromatic heterocycles. The summed E-state index contributed by atoms with van der Waals surface area (Å²) in [5.41, 5.74) is 6.16. The summed E-state index contributed by atoms with van der Waals surface area (Å²) in [5.74, 6) is -1.72. The van der Waals surface area contributed by atoms with Gasteiger partial charge in [0, 0.05) is 45.9 Å². The quantitative estimate of drug-likeness (QED) is 0.0942. The van der Waals surface area contributed by atoms with E-state index in [1.54, 1.807) is 0 Å². The summed E-state index contributed by atoms with van der Waals surface area (Å²) in [4.78, 5) is 0. The first-order valence-corrected chi connectivity index (χ1v) is 14.5. The van der Waals surface area contributed by atoms with Gasteiger partial charge in [-0.05, 0) is 47.5 Å². The molecule has 6 nitrogen and oxygen atoms in total. The van der Waals surface area contributed by atoms with Crippen LogP contribution in [0.15, 0.2) is 0 Å². The van der Waals surface area contributed by atoms with Gasteiger partial charge in [0.05, 0.1) is 0 Å². The lowest BCUT2D eigenvalue weighted by molar-refractivity contribution is -0.380. The third-order valence-corrected chi connectivity index (χ3v) is 6.13. The number of unbranched alkanes of at least 4 members (excludes halogenated alkanes) is 13. The van der Waals surface area contributed by atoms with Crippen molar-refractivity contribution in [3.63, 3.8) is 0 Å². The lowest BCUT2D eigenvalue weighted by Crippen LogP contribution is -2.45. The Morgan fingerprint density at radius 2 is 0.647 bits per heavy atom. The first-order chi connectivity index (χ1) is 16.5. The number of rotatable bonds is 27. The maximum atomic E-state index is 6.16. The van der Waals surface area contributed by atoms with E-state index in [9.17, 15) is 0 Å². The van der Waals surface area contributed by atoms with Gasteiger partial charge in [0.2, 0.25) is 5.91 Å². The molecule has 34 heavy (non-hydrogen) atoms. The van der Waals surface area contributed by atoms with Crippen molar-refractivity contribution in [1.29, 1.82) is 0 Å². The van der Waals surface area contributed by atoms with Crippen LogP contribution in [0, 0.1) is 0 Å². The second kappa shape index (κ2) is 23.2. The van der Waals surface area contributed by atoms with Gasteiger partial charge in [-0.15, -0.1) is 0 Å². The van der Waals surface area contributed by atoms with Gasteiger partial charge in [0.25, 0.3) is 5.97 Å². The zero-order valence-electron chi connectivity index (χ0n) is 23.5. The summed E-state index contributed by atoms with van der Waals surface area (Å²) >= 11 is 0. The van der Waals surface area contributed by atoms with E-state index in [0.29, 0.717) is 33.0 Å². The monoisotopic (exact) mass is 489 g/mol. The van der Waals surface area contributed by atoms with Crippen molar-refractivity contribution < 1.29 is 23.7 Å². The molecule has 0 saturated heterocycles. The molecule has 2 N–H and O–H groups in total. The molecule has 0 unspecified atom stereocenters. The molecule has 0 aliphatic carbocycles. The van der Waals surface area contributed by atoms with E-state index in [4.69, 9.17) is 29.4 Å². The van der Waals surface area contributed by atoms with Crippen molar-refractivity contribution in [3.05, 3.63) is 0 Å². The highest BCUT2D eigenvalue weighted by molar-refractivity contribution is 4.62. The largest absolute Gasteiger partial charge is 0.338 e. The van der Waals surface area contributed by atoms with Crippen molar-refractivity contribution >= 4 is 0 Å². The molecule has 0 heterocycles. The van der Waals surface area contributed by atoms with Crippen molar-refractivity contribution in [2.24, 2.45) is 5.73 Å². The second-order valence-electron chi connectivity index (χ2n) is 9.11. The van der Waals surface area contributed by atoms with Crippen LogP contribution in [0.3, 0.4) is 0 Å². The van der Waals surface area contributed by atoms with E-state index < -0.39 is 11.9 Å². The van der Waals surface area contributed by atoms with E-state index in [1.165, 1.54) is 77.0 Å². The van der Waals surface area contributed by atoms with Gasteiger partial charge in [0.1, 0.15) is 0 Å². The van der Waals surface area contributed by atoms with Crippen LogP contribution in [0.4, 0.5) is 0 Å². The van der Waals surface area contributed by atoms with Crippen molar-refractivity contribution in [1.82, 2.24) is 0 Å². The second-order valence-corrected chi connectivity index (χ2v) is 9.11. The van der Waals surface area contributed by atoms with Crippen molar-refractivity contribution in [2.45, 2.75) is 149 Å². The average molecular weight is 490 g/mol. The molecule has 206 valence electrons. The Bertz CT molecular complexity index is 399. The molecular formula is C28H59NO5. The minimum atomic E-state index is -0.884. The number of nitrogens with two attached hydrogens (primary N) is 1.